The van der Waals surface area contributed by atoms with Gasteiger partial charge in [0.1, 0.15) is 11.6 Å². The maximum Gasteiger partial charge on any atom is 0.516 e. The number of esters is 1. The van der Waals surface area contributed by atoms with Gasteiger partial charge in [-0.15, -0.1) is 0 Å². The molecule has 2 N–H and O–H groups in total. The summed E-state index contributed by atoms with van der Waals surface area (Å²) in [6.07, 6.45) is 1.53. The van der Waals surface area contributed by atoms with Crippen molar-refractivity contribution in [3.05, 3.63) is 48.0 Å². The number of aryl methyl sites for hydroxylation is 1. The van der Waals surface area contributed by atoms with Crippen molar-refractivity contribution in [3.8, 4) is 0 Å². The number of H-pyrrole nitrogens is 1. The van der Waals surface area contributed by atoms with Crippen molar-refractivity contribution < 1.29 is 27.5 Å². The summed E-state index contributed by atoms with van der Waals surface area (Å²) < 4.78 is 37.2. The Hall–Kier alpha value is -2.72. The number of benzene rings is 1. The lowest BCUT2D eigenvalue weighted by atomic mass is 10.2. The second kappa shape index (κ2) is 8.53. The Kier molecular flexibility index (Phi) is 6.57. The molecular weight excluding hydrogens is 386 g/mol. The number of aromatic nitrogens is 2. The van der Waals surface area contributed by atoms with E-state index in [1.165, 1.54) is 24.7 Å². The number of nitrogens with zero attached hydrogens (tertiary/aromatic N) is 1. The molecule has 10 heteroatoms. The molecule has 2 rings (SSSR count). The Bertz CT molecular complexity index is 915. The van der Waals surface area contributed by atoms with Gasteiger partial charge in [0.25, 0.3) is 0 Å². The highest BCUT2D eigenvalue weighted by molar-refractivity contribution is 7.89. The third kappa shape index (κ3) is 6.46. The molecular formula is C18H23N3O6S. The molecule has 0 aliphatic rings. The number of nitrogens with one attached hydrogen (secondary N) is 2. The highest BCUT2D eigenvalue weighted by Gasteiger charge is 2.31. The fourth-order valence-electron chi connectivity index (χ4n) is 2.19. The Balaban J connectivity index is 2.20. The summed E-state index contributed by atoms with van der Waals surface area (Å²) in [4.78, 5) is 30.8. The lowest BCUT2D eigenvalue weighted by Crippen LogP contribution is -2.44. The van der Waals surface area contributed by atoms with E-state index >= 15 is 0 Å². The van der Waals surface area contributed by atoms with Crippen molar-refractivity contribution in [1.29, 1.82) is 0 Å². The lowest BCUT2D eigenvalue weighted by molar-refractivity contribution is -0.143. The molecule has 0 saturated carbocycles. The number of rotatable bonds is 6. The van der Waals surface area contributed by atoms with Crippen LogP contribution in [0.2, 0.25) is 0 Å². The highest BCUT2D eigenvalue weighted by Crippen LogP contribution is 2.13. The maximum absolute atomic E-state index is 12.6. The van der Waals surface area contributed by atoms with Gasteiger partial charge < -0.3 is 14.5 Å². The summed E-state index contributed by atoms with van der Waals surface area (Å²) >= 11 is 0. The molecule has 1 aromatic carbocycles. The van der Waals surface area contributed by atoms with Gasteiger partial charge in [0.2, 0.25) is 10.0 Å². The molecule has 0 fully saturated rings. The Labute approximate surface area is 163 Å². The zero-order valence-electron chi connectivity index (χ0n) is 16.1. The van der Waals surface area contributed by atoms with Crippen LogP contribution in [-0.2, 0) is 30.7 Å². The van der Waals surface area contributed by atoms with E-state index in [1.54, 1.807) is 32.9 Å². The third-order valence-corrected chi connectivity index (χ3v) is 4.95. The smallest absolute Gasteiger partial charge is 0.428 e. The molecule has 0 amide bonds. The van der Waals surface area contributed by atoms with Gasteiger partial charge in [0.05, 0.1) is 11.2 Å². The summed E-state index contributed by atoms with van der Waals surface area (Å²) in [7, 11) is -4.03. The average Bonchev–Trinajstić information content (AvgIpc) is 3.05. The number of imidazole rings is 1. The minimum absolute atomic E-state index is 0.0159. The van der Waals surface area contributed by atoms with Gasteiger partial charge in [0, 0.05) is 18.3 Å². The molecule has 0 aliphatic carbocycles. The molecule has 2 aromatic rings. The quantitative estimate of drug-likeness (QED) is 0.552. The van der Waals surface area contributed by atoms with Crippen LogP contribution in [0.15, 0.2) is 41.7 Å². The van der Waals surface area contributed by atoms with E-state index in [1.807, 2.05) is 6.92 Å². The first-order chi connectivity index (χ1) is 13.0. The third-order valence-electron chi connectivity index (χ3n) is 3.47. The number of hydrogen-bond acceptors (Lipinski definition) is 7. The topological polar surface area (TPSA) is 127 Å². The molecule has 1 heterocycles. The summed E-state index contributed by atoms with van der Waals surface area (Å²) in [5, 5.41) is 0. The summed E-state index contributed by atoms with van der Waals surface area (Å²) in [6, 6.07) is 4.75. The number of hydrogen-bond donors (Lipinski definition) is 2. The molecule has 1 atom stereocenters. The van der Waals surface area contributed by atoms with E-state index in [2.05, 4.69) is 19.4 Å². The number of ether oxygens (including phenoxy) is 2. The predicted octanol–water partition coefficient (Wildman–Crippen LogP) is 2.09. The van der Waals surface area contributed by atoms with Crippen molar-refractivity contribution >= 4 is 22.1 Å². The van der Waals surface area contributed by atoms with Gasteiger partial charge in [0.15, 0.2) is 0 Å². The molecule has 0 spiro atoms. The van der Waals surface area contributed by atoms with Crippen LogP contribution in [0.25, 0.3) is 0 Å². The molecule has 0 unspecified atom stereocenters. The van der Waals surface area contributed by atoms with Crippen LogP contribution in [0.4, 0.5) is 4.79 Å². The molecule has 0 saturated heterocycles. The van der Waals surface area contributed by atoms with Crippen LogP contribution in [0.1, 0.15) is 32.0 Å². The Morgan fingerprint density at radius 3 is 2.39 bits per heavy atom. The fourth-order valence-corrected chi connectivity index (χ4v) is 3.37. The Morgan fingerprint density at radius 2 is 1.86 bits per heavy atom. The molecule has 28 heavy (non-hydrogen) atoms. The molecule has 9 nitrogen and oxygen atoms in total. The zero-order valence-corrected chi connectivity index (χ0v) is 16.9. The summed E-state index contributed by atoms with van der Waals surface area (Å²) in [5.41, 5.74) is 0.507. The van der Waals surface area contributed by atoms with E-state index < -0.39 is 33.8 Å². The molecule has 0 radical (unpaired) electrons. The molecule has 0 bridgehead atoms. The van der Waals surface area contributed by atoms with Crippen LogP contribution in [-0.4, -0.2) is 42.2 Å². The van der Waals surface area contributed by atoms with Crippen molar-refractivity contribution in [2.24, 2.45) is 0 Å². The second-order valence-corrected chi connectivity index (χ2v) is 8.87. The Morgan fingerprint density at radius 1 is 1.21 bits per heavy atom. The van der Waals surface area contributed by atoms with Gasteiger partial charge >= 0.3 is 12.1 Å². The number of carbonyl (C=O) groups is 2. The van der Waals surface area contributed by atoms with E-state index in [9.17, 15) is 18.0 Å². The van der Waals surface area contributed by atoms with Gasteiger partial charge in [-0.05, 0) is 39.8 Å². The molecule has 0 aliphatic heterocycles. The van der Waals surface area contributed by atoms with Crippen molar-refractivity contribution in [1.82, 2.24) is 14.7 Å². The van der Waals surface area contributed by atoms with Crippen LogP contribution < -0.4 is 4.72 Å². The minimum atomic E-state index is -4.03. The first kappa shape index (κ1) is 21.6. The SMILES string of the molecule is Cc1ccc(S(=O)(=O)N[C@@H](Cc2cnc[nH]2)C(=O)OC(=O)OC(C)(C)C)cc1. The monoisotopic (exact) mass is 409 g/mol. The van der Waals surface area contributed by atoms with Gasteiger partial charge in [-0.25, -0.2) is 23.0 Å². The van der Waals surface area contributed by atoms with Crippen LogP contribution in [0.3, 0.4) is 0 Å². The minimum Gasteiger partial charge on any atom is -0.428 e. The molecule has 152 valence electrons. The fraction of sp³-hybridized carbons (Fsp3) is 0.389. The van der Waals surface area contributed by atoms with Gasteiger partial charge in [-0.2, -0.15) is 4.72 Å². The first-order valence-corrected chi connectivity index (χ1v) is 9.95. The van der Waals surface area contributed by atoms with E-state index in [-0.39, 0.29) is 11.3 Å². The zero-order chi connectivity index (χ0) is 20.9. The normalized spacial score (nSPS) is 13.0. The standard InChI is InChI=1S/C18H23N3O6S/c1-12-5-7-14(8-6-12)28(24,25)21-15(9-13-10-19-11-20-13)16(22)26-17(23)27-18(2,3)4/h5-8,10-11,15,21H,9H2,1-4H3,(H,19,20)/t15-/m0/s1. The first-order valence-electron chi connectivity index (χ1n) is 8.47. The summed E-state index contributed by atoms with van der Waals surface area (Å²) in [5.74, 6) is -1.08. The van der Waals surface area contributed by atoms with Crippen LogP contribution in [0.5, 0.6) is 0 Å². The number of aromatic amines is 1. The maximum atomic E-state index is 12.6. The van der Waals surface area contributed by atoms with Crippen molar-refractivity contribution in [2.75, 3.05) is 0 Å². The average molecular weight is 409 g/mol. The van der Waals surface area contributed by atoms with Gasteiger partial charge in [-0.3, -0.25) is 0 Å². The highest BCUT2D eigenvalue weighted by atomic mass is 32.2. The van der Waals surface area contributed by atoms with E-state index in [0.29, 0.717) is 5.69 Å². The van der Waals surface area contributed by atoms with Crippen molar-refractivity contribution in [2.45, 2.75) is 50.7 Å². The van der Waals surface area contributed by atoms with Crippen LogP contribution >= 0.6 is 0 Å². The lowest BCUT2D eigenvalue weighted by Gasteiger charge is -2.20. The second-order valence-electron chi connectivity index (χ2n) is 7.15. The number of sulfonamides is 1. The van der Waals surface area contributed by atoms with Crippen molar-refractivity contribution in [3.63, 3.8) is 0 Å². The van der Waals surface area contributed by atoms with E-state index in [4.69, 9.17) is 4.74 Å². The summed E-state index contributed by atoms with van der Waals surface area (Å²) in [6.45, 7) is 6.66. The molecule has 1 aromatic heterocycles. The van der Waals surface area contributed by atoms with Gasteiger partial charge in [-0.1, -0.05) is 17.7 Å². The van der Waals surface area contributed by atoms with E-state index in [0.717, 1.165) is 5.56 Å². The number of carbonyl (C=O) groups excluding carboxylic acids is 2. The van der Waals surface area contributed by atoms with Crippen LogP contribution in [0, 0.1) is 6.92 Å². The predicted molar refractivity (Wildman–Crippen MR) is 99.9 cm³/mol. The largest absolute Gasteiger partial charge is 0.516 e.